The van der Waals surface area contributed by atoms with E-state index in [0.29, 0.717) is 16.9 Å². The van der Waals surface area contributed by atoms with Crippen LogP contribution in [0, 0.1) is 0 Å². The van der Waals surface area contributed by atoms with Crippen LogP contribution in [0.15, 0.2) is 48.5 Å². The first-order valence-corrected chi connectivity index (χ1v) is 13.8. The zero-order valence-corrected chi connectivity index (χ0v) is 22.7. The molecule has 4 N–H and O–H groups in total. The summed E-state index contributed by atoms with van der Waals surface area (Å²) in [6.45, 7) is 5.19. The molecular formula is C31H42N2O5. The van der Waals surface area contributed by atoms with E-state index in [9.17, 15) is 9.59 Å². The minimum atomic E-state index is -0.447. The Kier molecular flexibility index (Phi) is 11.7. The SMILES string of the molecule is CCCCCCOC1CCC(OC(=O)c2ccc(C=CC(=O)OCC(C)c3cc(N)cc(N)c3)cc2)CC1. The Labute approximate surface area is 226 Å². The molecule has 1 aliphatic rings. The third kappa shape index (κ3) is 9.86. The molecule has 2 aromatic carbocycles. The Hall–Kier alpha value is -3.32. The Balaban J connectivity index is 1.38. The van der Waals surface area contributed by atoms with E-state index in [1.54, 1.807) is 36.4 Å². The first kappa shape index (κ1) is 29.2. The number of benzene rings is 2. The molecule has 7 nitrogen and oxygen atoms in total. The van der Waals surface area contributed by atoms with E-state index < -0.39 is 5.97 Å². The molecule has 1 saturated carbocycles. The van der Waals surface area contributed by atoms with E-state index in [-0.39, 0.29) is 30.7 Å². The molecule has 1 atom stereocenters. The lowest BCUT2D eigenvalue weighted by atomic mass is 9.95. The molecule has 0 spiro atoms. The third-order valence-electron chi connectivity index (χ3n) is 6.85. The molecule has 0 amide bonds. The van der Waals surface area contributed by atoms with Crippen molar-refractivity contribution in [1.82, 2.24) is 0 Å². The van der Waals surface area contributed by atoms with E-state index in [2.05, 4.69) is 6.92 Å². The van der Waals surface area contributed by atoms with Gasteiger partial charge in [0.1, 0.15) is 6.10 Å². The van der Waals surface area contributed by atoms with Crippen molar-refractivity contribution in [2.75, 3.05) is 24.7 Å². The van der Waals surface area contributed by atoms with Crippen molar-refractivity contribution in [2.24, 2.45) is 0 Å². The predicted octanol–water partition coefficient (Wildman–Crippen LogP) is 6.28. The van der Waals surface area contributed by atoms with Gasteiger partial charge in [-0.15, -0.1) is 0 Å². The normalized spacial score (nSPS) is 18.3. The fourth-order valence-electron chi connectivity index (χ4n) is 4.55. The lowest BCUT2D eigenvalue weighted by Crippen LogP contribution is -2.28. The lowest BCUT2D eigenvalue weighted by Gasteiger charge is -2.28. The number of anilines is 2. The standard InChI is InChI=1S/C31H42N2O5/c1-3-4-5-6-17-36-28-12-14-29(15-13-28)38-31(35)24-10-7-23(8-11-24)9-16-30(34)37-21-22(2)25-18-26(32)20-27(33)19-25/h7-11,16,18-20,22,28-29H,3-6,12-15,17,21,32-33H2,1-2H3. The van der Waals surface area contributed by atoms with Gasteiger partial charge in [-0.05, 0) is 79.6 Å². The number of hydrogen-bond acceptors (Lipinski definition) is 7. The van der Waals surface area contributed by atoms with Gasteiger partial charge in [0.05, 0.1) is 18.3 Å². The second-order valence-electron chi connectivity index (χ2n) is 10.2. The number of ether oxygens (including phenoxy) is 3. The maximum absolute atomic E-state index is 12.6. The van der Waals surface area contributed by atoms with Gasteiger partial charge in [0, 0.05) is 30.0 Å². The van der Waals surface area contributed by atoms with Crippen LogP contribution in [0.25, 0.3) is 6.08 Å². The smallest absolute Gasteiger partial charge is 0.338 e. The van der Waals surface area contributed by atoms with Gasteiger partial charge in [-0.1, -0.05) is 45.2 Å². The second-order valence-corrected chi connectivity index (χ2v) is 10.2. The van der Waals surface area contributed by atoms with Crippen molar-refractivity contribution in [3.8, 4) is 0 Å². The zero-order valence-electron chi connectivity index (χ0n) is 22.7. The van der Waals surface area contributed by atoms with Gasteiger partial charge < -0.3 is 25.7 Å². The number of rotatable bonds is 13. The summed E-state index contributed by atoms with van der Waals surface area (Å²) in [7, 11) is 0. The molecule has 1 fully saturated rings. The highest BCUT2D eigenvalue weighted by Crippen LogP contribution is 2.25. The van der Waals surface area contributed by atoms with Crippen LogP contribution in [0.5, 0.6) is 0 Å². The Morgan fingerprint density at radius 2 is 1.61 bits per heavy atom. The molecule has 0 heterocycles. The molecule has 3 rings (SSSR count). The maximum Gasteiger partial charge on any atom is 0.338 e. The number of carbonyl (C=O) groups excluding carboxylic acids is 2. The average molecular weight is 523 g/mol. The van der Waals surface area contributed by atoms with Crippen LogP contribution in [0.2, 0.25) is 0 Å². The molecule has 0 radical (unpaired) electrons. The summed E-state index contributed by atoms with van der Waals surface area (Å²) in [6, 6.07) is 12.3. The second kappa shape index (κ2) is 15.2. The number of nitrogen functional groups attached to an aromatic ring is 2. The molecule has 38 heavy (non-hydrogen) atoms. The fourth-order valence-corrected chi connectivity index (χ4v) is 4.55. The average Bonchev–Trinajstić information content (AvgIpc) is 2.91. The van der Waals surface area contributed by atoms with Gasteiger partial charge in [0.15, 0.2) is 0 Å². The van der Waals surface area contributed by atoms with E-state index in [1.165, 1.54) is 25.3 Å². The van der Waals surface area contributed by atoms with Gasteiger partial charge in [-0.2, -0.15) is 0 Å². The topological polar surface area (TPSA) is 114 Å². The van der Waals surface area contributed by atoms with Gasteiger partial charge >= 0.3 is 11.9 Å². The molecule has 0 aromatic heterocycles. The van der Waals surface area contributed by atoms with Crippen LogP contribution in [0.3, 0.4) is 0 Å². The predicted molar refractivity (Wildman–Crippen MR) is 152 cm³/mol. The molecule has 206 valence electrons. The third-order valence-corrected chi connectivity index (χ3v) is 6.85. The minimum absolute atomic E-state index is 0.0402. The number of unbranched alkanes of at least 4 members (excludes halogenated alkanes) is 3. The fraction of sp³-hybridized carbons (Fsp3) is 0.484. The minimum Gasteiger partial charge on any atom is -0.462 e. The van der Waals surface area contributed by atoms with E-state index >= 15 is 0 Å². The molecule has 2 aromatic rings. The van der Waals surface area contributed by atoms with Crippen LogP contribution in [-0.4, -0.2) is 37.4 Å². The Morgan fingerprint density at radius 1 is 0.947 bits per heavy atom. The molecule has 7 heteroatoms. The Morgan fingerprint density at radius 3 is 2.26 bits per heavy atom. The summed E-state index contributed by atoms with van der Waals surface area (Å²) in [5, 5.41) is 0. The van der Waals surface area contributed by atoms with Crippen molar-refractivity contribution in [1.29, 1.82) is 0 Å². The van der Waals surface area contributed by atoms with Crippen LogP contribution in [-0.2, 0) is 19.0 Å². The van der Waals surface area contributed by atoms with E-state index in [1.807, 2.05) is 19.1 Å². The maximum atomic E-state index is 12.6. The molecule has 0 aliphatic heterocycles. The summed E-state index contributed by atoms with van der Waals surface area (Å²) >= 11 is 0. The van der Waals surface area contributed by atoms with Gasteiger partial charge in [-0.3, -0.25) is 0 Å². The first-order chi connectivity index (χ1) is 18.3. The quantitative estimate of drug-likeness (QED) is 0.138. The van der Waals surface area contributed by atoms with Crippen molar-refractivity contribution >= 4 is 29.4 Å². The van der Waals surface area contributed by atoms with Crippen molar-refractivity contribution < 1.29 is 23.8 Å². The summed E-state index contributed by atoms with van der Waals surface area (Å²) in [4.78, 5) is 24.8. The van der Waals surface area contributed by atoms with Crippen LogP contribution in [0.4, 0.5) is 11.4 Å². The van der Waals surface area contributed by atoms with Crippen molar-refractivity contribution in [3.05, 3.63) is 65.2 Å². The molecular weight excluding hydrogens is 480 g/mol. The summed E-state index contributed by atoms with van der Waals surface area (Å²) < 4.78 is 17.1. The van der Waals surface area contributed by atoms with Crippen LogP contribution < -0.4 is 11.5 Å². The molecule has 0 bridgehead atoms. The molecule has 1 aliphatic carbocycles. The molecule has 1 unspecified atom stereocenters. The Bertz CT molecular complexity index is 1040. The highest BCUT2D eigenvalue weighted by Gasteiger charge is 2.24. The monoisotopic (exact) mass is 522 g/mol. The van der Waals surface area contributed by atoms with Crippen LogP contribution >= 0.6 is 0 Å². The highest BCUT2D eigenvalue weighted by atomic mass is 16.5. The first-order valence-electron chi connectivity index (χ1n) is 13.8. The van der Waals surface area contributed by atoms with E-state index in [0.717, 1.165) is 49.8 Å². The number of hydrogen-bond donors (Lipinski definition) is 2. The van der Waals surface area contributed by atoms with Gasteiger partial charge in [-0.25, -0.2) is 9.59 Å². The number of esters is 2. The number of carbonyl (C=O) groups is 2. The van der Waals surface area contributed by atoms with Gasteiger partial charge in [0.25, 0.3) is 0 Å². The van der Waals surface area contributed by atoms with E-state index in [4.69, 9.17) is 25.7 Å². The van der Waals surface area contributed by atoms with Crippen molar-refractivity contribution in [3.63, 3.8) is 0 Å². The van der Waals surface area contributed by atoms with Crippen LogP contribution in [0.1, 0.15) is 92.6 Å². The summed E-state index contributed by atoms with van der Waals surface area (Å²) in [5.41, 5.74) is 15.0. The molecule has 0 saturated heterocycles. The number of nitrogens with two attached hydrogens (primary N) is 2. The van der Waals surface area contributed by atoms with Crippen molar-refractivity contribution in [2.45, 2.75) is 83.3 Å². The summed E-state index contributed by atoms with van der Waals surface area (Å²) in [6.07, 6.45) is 11.6. The largest absolute Gasteiger partial charge is 0.462 e. The summed E-state index contributed by atoms with van der Waals surface area (Å²) in [5.74, 6) is -0.806. The highest BCUT2D eigenvalue weighted by molar-refractivity contribution is 5.90. The van der Waals surface area contributed by atoms with Gasteiger partial charge in [0.2, 0.25) is 0 Å². The zero-order chi connectivity index (χ0) is 27.3. The lowest BCUT2D eigenvalue weighted by molar-refractivity contribution is -0.138.